The molecule has 2 aromatic heterocycles. The third kappa shape index (κ3) is 3.42. The van der Waals surface area contributed by atoms with Gasteiger partial charge in [0.1, 0.15) is 18.3 Å². The second-order valence-corrected chi connectivity index (χ2v) is 9.44. The number of para-hydroxylation sites is 1. The number of fused-ring (bicyclic) bond motifs is 1. The molecule has 0 unspecified atom stereocenters. The van der Waals surface area contributed by atoms with Gasteiger partial charge in [0.25, 0.3) is 5.56 Å². The molecule has 1 atom stereocenters. The number of amides is 1. The molecule has 3 heterocycles. The molecule has 1 saturated heterocycles. The van der Waals surface area contributed by atoms with Crippen LogP contribution in [0.25, 0.3) is 16.7 Å². The maximum absolute atomic E-state index is 12.7. The van der Waals surface area contributed by atoms with Gasteiger partial charge in [-0.3, -0.25) is 14.2 Å². The van der Waals surface area contributed by atoms with Gasteiger partial charge in [-0.15, -0.1) is 0 Å². The molecule has 0 saturated carbocycles. The Balaban J connectivity index is 1.58. The van der Waals surface area contributed by atoms with Gasteiger partial charge in [0, 0.05) is 0 Å². The number of nitrogens with one attached hydrogen (secondary N) is 1. The first-order valence-corrected chi connectivity index (χ1v) is 10.6. The number of rotatable bonds is 4. The summed E-state index contributed by atoms with van der Waals surface area (Å²) in [6.45, 7) is 1.46. The number of aromatic nitrogens is 4. The lowest BCUT2D eigenvalue weighted by Crippen LogP contribution is -2.48. The van der Waals surface area contributed by atoms with Crippen molar-refractivity contribution in [2.24, 2.45) is 0 Å². The molecule has 0 radical (unpaired) electrons. The van der Waals surface area contributed by atoms with Gasteiger partial charge in [0.05, 0.1) is 28.9 Å². The van der Waals surface area contributed by atoms with E-state index in [0.717, 1.165) is 5.69 Å². The topological polar surface area (TPSA) is 116 Å². The third-order valence-electron chi connectivity index (χ3n) is 4.81. The molecule has 0 spiro atoms. The lowest BCUT2D eigenvalue weighted by molar-refractivity contribution is -0.123. The fourth-order valence-corrected chi connectivity index (χ4v) is 5.55. The summed E-state index contributed by atoms with van der Waals surface area (Å²) in [5.41, 5.74) is -0.0154. The molecule has 4 rings (SSSR count). The first kappa shape index (κ1) is 18.4. The lowest BCUT2D eigenvalue weighted by Gasteiger charge is -2.24. The minimum Gasteiger partial charge on any atom is -0.348 e. The van der Waals surface area contributed by atoms with Crippen LogP contribution >= 0.6 is 0 Å². The van der Waals surface area contributed by atoms with E-state index in [1.54, 1.807) is 11.6 Å². The second-order valence-electron chi connectivity index (χ2n) is 7.26. The zero-order valence-electron chi connectivity index (χ0n) is 15.2. The van der Waals surface area contributed by atoms with Gasteiger partial charge in [-0.2, -0.15) is 5.10 Å². The molecule has 9 nitrogen and oxygen atoms in total. The summed E-state index contributed by atoms with van der Waals surface area (Å²) in [7, 11) is -3.14. The van der Waals surface area contributed by atoms with Crippen LogP contribution in [0.2, 0.25) is 0 Å². The van der Waals surface area contributed by atoms with Crippen LogP contribution in [0.1, 0.15) is 13.3 Å². The van der Waals surface area contributed by atoms with Crippen LogP contribution in [-0.2, 0) is 21.2 Å². The quantitative estimate of drug-likeness (QED) is 0.671. The Bertz CT molecular complexity index is 1220. The normalized spacial score (nSPS) is 21.0. The van der Waals surface area contributed by atoms with Crippen molar-refractivity contribution < 1.29 is 13.2 Å². The summed E-state index contributed by atoms with van der Waals surface area (Å²) >= 11 is 0. The van der Waals surface area contributed by atoms with Crippen molar-refractivity contribution in [1.29, 1.82) is 0 Å². The molecule has 1 N–H and O–H groups in total. The summed E-state index contributed by atoms with van der Waals surface area (Å²) in [5, 5.41) is 7.27. The van der Waals surface area contributed by atoms with Crippen LogP contribution in [0.4, 0.5) is 0 Å². The molecule has 3 aromatic rings. The van der Waals surface area contributed by atoms with Gasteiger partial charge < -0.3 is 5.32 Å². The zero-order chi connectivity index (χ0) is 19.9. The van der Waals surface area contributed by atoms with Crippen LogP contribution < -0.4 is 10.9 Å². The Morgan fingerprint density at radius 3 is 2.71 bits per heavy atom. The van der Waals surface area contributed by atoms with Crippen molar-refractivity contribution in [3.8, 4) is 5.69 Å². The Hall–Kier alpha value is -3.01. The highest BCUT2D eigenvalue weighted by Gasteiger charge is 2.39. The number of benzene rings is 1. The standard InChI is InChI=1S/C18H19N5O4S/c1-18(7-8-28(26,27)11-18)21-15(24)10-22-12-19-16-14(17(22)25)9-20-23(16)13-5-3-2-4-6-13/h2-6,9,12H,7-8,10-11H2,1H3,(H,21,24)/t18-/m1/s1. The number of hydrogen-bond donors (Lipinski definition) is 1. The maximum atomic E-state index is 12.7. The molecular weight excluding hydrogens is 382 g/mol. The summed E-state index contributed by atoms with van der Waals surface area (Å²) in [6, 6.07) is 9.30. The molecule has 1 aromatic carbocycles. The molecule has 1 aliphatic rings. The Kier molecular flexibility index (Phi) is 4.30. The highest BCUT2D eigenvalue weighted by atomic mass is 32.2. The predicted molar refractivity (Wildman–Crippen MR) is 103 cm³/mol. The highest BCUT2D eigenvalue weighted by molar-refractivity contribution is 7.91. The zero-order valence-corrected chi connectivity index (χ0v) is 16.0. The number of sulfone groups is 1. The third-order valence-corrected chi connectivity index (χ3v) is 6.72. The van der Waals surface area contributed by atoms with Gasteiger partial charge in [0.15, 0.2) is 15.5 Å². The first-order valence-electron chi connectivity index (χ1n) is 8.76. The molecule has 0 aliphatic carbocycles. The average Bonchev–Trinajstić information content (AvgIpc) is 3.19. The Labute approximate surface area is 160 Å². The highest BCUT2D eigenvalue weighted by Crippen LogP contribution is 2.22. The van der Waals surface area contributed by atoms with Crippen molar-refractivity contribution in [3.05, 3.63) is 53.2 Å². The van der Waals surface area contributed by atoms with Gasteiger partial charge in [-0.05, 0) is 25.5 Å². The van der Waals surface area contributed by atoms with Crippen molar-refractivity contribution >= 4 is 26.8 Å². The van der Waals surface area contributed by atoms with Crippen LogP contribution in [-0.4, -0.2) is 50.7 Å². The van der Waals surface area contributed by atoms with Crippen LogP contribution in [0.5, 0.6) is 0 Å². The van der Waals surface area contributed by atoms with E-state index >= 15 is 0 Å². The molecule has 10 heteroatoms. The average molecular weight is 401 g/mol. The first-order chi connectivity index (χ1) is 13.3. The fraction of sp³-hybridized carbons (Fsp3) is 0.333. The van der Waals surface area contributed by atoms with E-state index < -0.39 is 21.3 Å². The largest absolute Gasteiger partial charge is 0.348 e. The molecule has 1 fully saturated rings. The number of hydrogen-bond acceptors (Lipinski definition) is 6. The molecule has 0 bridgehead atoms. The summed E-state index contributed by atoms with van der Waals surface area (Å²) < 4.78 is 26.1. The van der Waals surface area contributed by atoms with Crippen molar-refractivity contribution in [3.63, 3.8) is 0 Å². The Morgan fingerprint density at radius 1 is 1.29 bits per heavy atom. The Morgan fingerprint density at radius 2 is 2.04 bits per heavy atom. The molecular formula is C18H19N5O4S. The lowest BCUT2D eigenvalue weighted by atomic mass is 10.0. The molecule has 1 amide bonds. The fourth-order valence-electron chi connectivity index (χ4n) is 3.46. The predicted octanol–water partition coefficient (Wildman–Crippen LogP) is 0.276. The van der Waals surface area contributed by atoms with Crippen LogP contribution in [0, 0.1) is 0 Å². The minimum absolute atomic E-state index is 0.0515. The van der Waals surface area contributed by atoms with Gasteiger partial charge >= 0.3 is 0 Å². The summed E-state index contributed by atoms with van der Waals surface area (Å²) in [5.74, 6) is -0.476. The van der Waals surface area contributed by atoms with Crippen molar-refractivity contribution in [2.75, 3.05) is 11.5 Å². The van der Waals surface area contributed by atoms with Gasteiger partial charge in [-0.1, -0.05) is 18.2 Å². The maximum Gasteiger partial charge on any atom is 0.264 e. The van der Waals surface area contributed by atoms with E-state index in [1.807, 2.05) is 30.3 Å². The number of nitrogens with zero attached hydrogens (tertiary/aromatic N) is 4. The van der Waals surface area contributed by atoms with E-state index in [-0.39, 0.29) is 23.6 Å². The number of carbonyl (C=O) groups excluding carboxylic acids is 1. The summed E-state index contributed by atoms with van der Waals surface area (Å²) in [6.07, 6.45) is 3.09. The van der Waals surface area contributed by atoms with E-state index in [0.29, 0.717) is 17.5 Å². The number of carbonyl (C=O) groups is 1. The van der Waals surface area contributed by atoms with Crippen LogP contribution in [0.3, 0.4) is 0 Å². The van der Waals surface area contributed by atoms with Gasteiger partial charge in [0.2, 0.25) is 5.91 Å². The second kappa shape index (κ2) is 6.55. The van der Waals surface area contributed by atoms with E-state index in [4.69, 9.17) is 0 Å². The summed E-state index contributed by atoms with van der Waals surface area (Å²) in [4.78, 5) is 29.4. The van der Waals surface area contributed by atoms with E-state index in [9.17, 15) is 18.0 Å². The van der Waals surface area contributed by atoms with Crippen molar-refractivity contribution in [2.45, 2.75) is 25.4 Å². The van der Waals surface area contributed by atoms with Crippen molar-refractivity contribution in [1.82, 2.24) is 24.6 Å². The monoisotopic (exact) mass is 401 g/mol. The minimum atomic E-state index is -3.14. The van der Waals surface area contributed by atoms with Gasteiger partial charge in [-0.25, -0.2) is 18.1 Å². The molecule has 28 heavy (non-hydrogen) atoms. The molecule has 146 valence electrons. The smallest absolute Gasteiger partial charge is 0.264 e. The SMILES string of the molecule is C[C@@]1(NC(=O)Cn2cnc3c(cnn3-c3ccccc3)c2=O)CCS(=O)(=O)C1. The van der Waals surface area contributed by atoms with E-state index in [1.165, 1.54) is 17.1 Å². The van der Waals surface area contributed by atoms with E-state index in [2.05, 4.69) is 15.4 Å². The molecule has 1 aliphatic heterocycles. The van der Waals surface area contributed by atoms with Crippen LogP contribution in [0.15, 0.2) is 47.7 Å².